The van der Waals surface area contributed by atoms with Crippen LogP contribution < -0.4 is 5.32 Å². The Morgan fingerprint density at radius 1 is 1.37 bits per heavy atom. The van der Waals surface area contributed by atoms with E-state index in [0.29, 0.717) is 17.0 Å². The van der Waals surface area contributed by atoms with Gasteiger partial charge in [-0.15, -0.1) is 0 Å². The van der Waals surface area contributed by atoms with Crippen LogP contribution >= 0.6 is 0 Å². The summed E-state index contributed by atoms with van der Waals surface area (Å²) in [5.74, 6) is 0. The van der Waals surface area contributed by atoms with Crippen molar-refractivity contribution in [3.63, 3.8) is 0 Å². The minimum Gasteiger partial charge on any atom is -0.382 e. The molecular weight excluding hydrogens is 262 g/mol. The third-order valence-electron chi connectivity index (χ3n) is 3.49. The number of hydrogen-bond donors (Lipinski definition) is 1. The monoisotopic (exact) mass is 283 g/mol. The molecule has 0 unspecified atom stereocenters. The Bertz CT molecular complexity index is 548. The molecule has 0 heterocycles. The molecule has 0 aromatic heterocycles. The maximum atomic E-state index is 11.6. The topological polar surface area (TPSA) is 55.4 Å². The number of rotatable bonds is 5. The van der Waals surface area contributed by atoms with Crippen molar-refractivity contribution < 1.29 is 13.2 Å². The predicted octanol–water partition coefficient (Wildman–Crippen LogP) is 2.38. The van der Waals surface area contributed by atoms with Gasteiger partial charge in [-0.25, -0.2) is 8.42 Å². The lowest BCUT2D eigenvalue weighted by molar-refractivity contribution is 0.00298. The second-order valence-electron chi connectivity index (χ2n) is 5.14. The molecule has 0 amide bonds. The lowest BCUT2D eigenvalue weighted by Crippen LogP contribution is -2.41. The van der Waals surface area contributed by atoms with Crippen LogP contribution in [0.2, 0.25) is 0 Å². The summed E-state index contributed by atoms with van der Waals surface area (Å²) in [6.07, 6.45) is 3.55. The molecule has 5 heteroatoms. The van der Waals surface area contributed by atoms with Crippen LogP contribution in [-0.2, 0) is 14.6 Å². The van der Waals surface area contributed by atoms with E-state index in [0.717, 1.165) is 30.7 Å². The molecule has 19 heavy (non-hydrogen) atoms. The van der Waals surface area contributed by atoms with Crippen molar-refractivity contribution in [2.45, 2.75) is 43.7 Å². The molecule has 1 aromatic rings. The first-order chi connectivity index (χ1) is 8.90. The van der Waals surface area contributed by atoms with Gasteiger partial charge < -0.3 is 10.1 Å². The quantitative estimate of drug-likeness (QED) is 0.901. The number of aryl methyl sites for hydroxylation is 1. The Morgan fingerprint density at radius 2 is 2.05 bits per heavy atom. The fourth-order valence-electron chi connectivity index (χ4n) is 2.26. The first kappa shape index (κ1) is 14.3. The molecule has 2 rings (SSSR count). The summed E-state index contributed by atoms with van der Waals surface area (Å²) in [5, 5.41) is 3.40. The average molecular weight is 283 g/mol. The summed E-state index contributed by atoms with van der Waals surface area (Å²) in [6, 6.07) is 5.60. The van der Waals surface area contributed by atoms with Gasteiger partial charge in [-0.1, -0.05) is 6.07 Å². The van der Waals surface area contributed by atoms with Crippen LogP contribution in [0.4, 0.5) is 5.69 Å². The molecule has 1 fully saturated rings. The molecule has 0 radical (unpaired) electrons. The van der Waals surface area contributed by atoms with Crippen LogP contribution in [0, 0.1) is 6.92 Å². The molecule has 1 saturated carbocycles. The number of sulfone groups is 1. The molecule has 4 nitrogen and oxygen atoms in total. The van der Waals surface area contributed by atoms with Crippen LogP contribution in [0.25, 0.3) is 0 Å². The summed E-state index contributed by atoms with van der Waals surface area (Å²) in [4.78, 5) is 0.362. The zero-order chi connectivity index (χ0) is 14.0. The molecule has 0 saturated heterocycles. The van der Waals surface area contributed by atoms with Crippen LogP contribution in [0.1, 0.15) is 25.3 Å². The van der Waals surface area contributed by atoms with Gasteiger partial charge in [0.25, 0.3) is 0 Å². The van der Waals surface area contributed by atoms with E-state index in [1.54, 1.807) is 12.1 Å². The van der Waals surface area contributed by atoms with E-state index < -0.39 is 9.84 Å². The van der Waals surface area contributed by atoms with Crippen molar-refractivity contribution in [1.82, 2.24) is 0 Å². The first-order valence-electron chi connectivity index (χ1n) is 6.59. The van der Waals surface area contributed by atoms with Gasteiger partial charge in [-0.2, -0.15) is 0 Å². The molecule has 0 aliphatic heterocycles. The van der Waals surface area contributed by atoms with Crippen molar-refractivity contribution in [2.75, 3.05) is 18.2 Å². The number of nitrogens with one attached hydrogen (secondary N) is 1. The zero-order valence-corrected chi connectivity index (χ0v) is 12.5. The molecule has 0 spiro atoms. The summed E-state index contributed by atoms with van der Waals surface area (Å²) < 4.78 is 28.6. The average Bonchev–Trinajstić information content (AvgIpc) is 2.27. The molecule has 1 aliphatic carbocycles. The third kappa shape index (κ3) is 3.48. The standard InChI is InChI=1S/C14H21NO3S/c1-4-18-12-7-11(8-12)15-14-9-13(19(3,16)17)6-5-10(14)2/h5-6,9,11-12,15H,4,7-8H2,1-3H3. The minimum atomic E-state index is -3.15. The Labute approximate surface area is 115 Å². The summed E-state index contributed by atoms with van der Waals surface area (Å²) >= 11 is 0. The van der Waals surface area contributed by atoms with Crippen LogP contribution in [0.3, 0.4) is 0 Å². The smallest absolute Gasteiger partial charge is 0.175 e. The normalized spacial score (nSPS) is 22.9. The van der Waals surface area contributed by atoms with Crippen LogP contribution in [-0.4, -0.2) is 33.4 Å². The van der Waals surface area contributed by atoms with E-state index in [2.05, 4.69) is 5.32 Å². The number of hydrogen-bond acceptors (Lipinski definition) is 4. The summed E-state index contributed by atoms with van der Waals surface area (Å²) in [7, 11) is -3.15. The summed E-state index contributed by atoms with van der Waals surface area (Å²) in [5.41, 5.74) is 1.97. The summed E-state index contributed by atoms with van der Waals surface area (Å²) in [6.45, 7) is 4.73. The Balaban J connectivity index is 2.05. The van der Waals surface area contributed by atoms with Crippen LogP contribution in [0.15, 0.2) is 23.1 Å². The Kier molecular flexibility index (Phi) is 4.16. The van der Waals surface area contributed by atoms with Crippen molar-refractivity contribution in [1.29, 1.82) is 0 Å². The highest BCUT2D eigenvalue weighted by Crippen LogP contribution is 2.29. The van der Waals surface area contributed by atoms with Crippen molar-refractivity contribution >= 4 is 15.5 Å². The molecule has 1 aromatic carbocycles. The first-order valence-corrected chi connectivity index (χ1v) is 8.48. The van der Waals surface area contributed by atoms with Crippen molar-refractivity contribution in [3.8, 4) is 0 Å². The van der Waals surface area contributed by atoms with E-state index in [9.17, 15) is 8.42 Å². The highest BCUT2D eigenvalue weighted by molar-refractivity contribution is 7.90. The van der Waals surface area contributed by atoms with E-state index in [1.807, 2.05) is 19.9 Å². The third-order valence-corrected chi connectivity index (χ3v) is 4.60. The van der Waals surface area contributed by atoms with Gasteiger partial charge in [0.2, 0.25) is 0 Å². The Hall–Kier alpha value is -1.07. The molecule has 1 aliphatic rings. The van der Waals surface area contributed by atoms with E-state index >= 15 is 0 Å². The van der Waals surface area contributed by atoms with E-state index in [-0.39, 0.29) is 0 Å². The largest absolute Gasteiger partial charge is 0.382 e. The van der Waals surface area contributed by atoms with E-state index in [1.165, 1.54) is 6.26 Å². The van der Waals surface area contributed by atoms with Gasteiger partial charge in [0, 0.05) is 24.6 Å². The molecule has 1 N–H and O–H groups in total. The van der Waals surface area contributed by atoms with Gasteiger partial charge in [0.05, 0.1) is 11.0 Å². The maximum absolute atomic E-state index is 11.6. The minimum absolute atomic E-state index is 0.348. The maximum Gasteiger partial charge on any atom is 0.175 e. The predicted molar refractivity (Wildman–Crippen MR) is 76.3 cm³/mol. The molecule has 106 valence electrons. The van der Waals surface area contributed by atoms with Gasteiger partial charge in [-0.3, -0.25) is 0 Å². The van der Waals surface area contributed by atoms with Gasteiger partial charge in [-0.05, 0) is 44.4 Å². The number of anilines is 1. The number of ether oxygens (including phenoxy) is 1. The van der Waals surface area contributed by atoms with E-state index in [4.69, 9.17) is 4.74 Å². The van der Waals surface area contributed by atoms with Crippen molar-refractivity contribution in [3.05, 3.63) is 23.8 Å². The highest BCUT2D eigenvalue weighted by Gasteiger charge is 2.29. The zero-order valence-electron chi connectivity index (χ0n) is 11.6. The Morgan fingerprint density at radius 3 is 2.63 bits per heavy atom. The highest BCUT2D eigenvalue weighted by atomic mass is 32.2. The SMILES string of the molecule is CCOC1CC(Nc2cc(S(C)(=O)=O)ccc2C)C1. The lowest BCUT2D eigenvalue weighted by atomic mass is 9.89. The fourth-order valence-corrected chi connectivity index (χ4v) is 2.91. The molecule has 0 bridgehead atoms. The molecular formula is C14H21NO3S. The van der Waals surface area contributed by atoms with Crippen molar-refractivity contribution in [2.24, 2.45) is 0 Å². The van der Waals surface area contributed by atoms with Gasteiger partial charge >= 0.3 is 0 Å². The van der Waals surface area contributed by atoms with Crippen LogP contribution in [0.5, 0.6) is 0 Å². The molecule has 0 atom stereocenters. The fraction of sp³-hybridized carbons (Fsp3) is 0.571. The van der Waals surface area contributed by atoms with Gasteiger partial charge in [0.15, 0.2) is 9.84 Å². The number of benzene rings is 1. The second kappa shape index (κ2) is 5.51. The lowest BCUT2D eigenvalue weighted by Gasteiger charge is -2.36. The second-order valence-corrected chi connectivity index (χ2v) is 7.15. The van der Waals surface area contributed by atoms with Gasteiger partial charge in [0.1, 0.15) is 0 Å².